The third kappa shape index (κ3) is 119000. The van der Waals surface area contributed by atoms with Gasteiger partial charge in [0.15, 0.2) is 0 Å². The second-order valence-corrected chi connectivity index (χ2v) is 0. The quantitative estimate of drug-likeness (QED) is 0.246. The maximum atomic E-state index is 0. The van der Waals surface area contributed by atoms with Crippen molar-refractivity contribution in [1.29, 1.82) is 0 Å². The normalized spacial score (nSPS) is 0. The van der Waals surface area contributed by atoms with Crippen molar-refractivity contribution >= 4 is 23.1 Å². The van der Waals surface area contributed by atoms with Crippen molar-refractivity contribution < 1.29 is 164 Å². The maximum Gasteiger partial charge on any atom is 0.316 e. The second kappa shape index (κ2) is 128000. The Labute approximate surface area is 188 Å². The zero-order valence-corrected chi connectivity index (χ0v) is 15.0. The highest BCUT2D eigenvalue weighted by atomic mass is 24.3. The van der Waals surface area contributed by atoms with E-state index in [4.69, 9.17) is 0 Å². The summed E-state index contributed by atoms with van der Waals surface area (Å²) in [4.78, 5) is 0. The standard InChI is InChI=1S/Mg.30H2O.2H/h;30*1H2;;. The molecule has 0 aromatic heterocycles. The zero-order valence-electron chi connectivity index (χ0n) is 15.0. The molecular formula is H62MgO30. The van der Waals surface area contributed by atoms with Crippen molar-refractivity contribution in [1.82, 2.24) is 0 Å². The minimum absolute atomic E-state index is 0. The molecule has 0 radical (unpaired) electrons. The lowest BCUT2D eigenvalue weighted by Crippen LogP contribution is -0.381. The van der Waals surface area contributed by atoms with Gasteiger partial charge in [0.1, 0.15) is 0 Å². The van der Waals surface area contributed by atoms with Gasteiger partial charge in [0, 0.05) is 0 Å². The van der Waals surface area contributed by atoms with Crippen LogP contribution in [0.25, 0.3) is 0 Å². The van der Waals surface area contributed by atoms with Crippen LogP contribution in [0.1, 0.15) is 0 Å². The lowest BCUT2D eigenvalue weighted by Gasteiger charge is -0.413. The number of rotatable bonds is 0. The van der Waals surface area contributed by atoms with Crippen molar-refractivity contribution in [2.24, 2.45) is 0 Å². The molecule has 31 heavy (non-hydrogen) atoms. The molecule has 0 aliphatic heterocycles. The molecule has 0 aromatic carbocycles. The van der Waals surface area contributed by atoms with E-state index in [9.17, 15) is 0 Å². The molecule has 0 rings (SSSR count). The van der Waals surface area contributed by atoms with Gasteiger partial charge in [-0.1, -0.05) is 0 Å². The van der Waals surface area contributed by atoms with Crippen LogP contribution in [-0.4, -0.2) is 187 Å². The van der Waals surface area contributed by atoms with Crippen LogP contribution in [0.2, 0.25) is 0 Å². The van der Waals surface area contributed by atoms with Gasteiger partial charge in [-0.25, -0.2) is 0 Å². The van der Waals surface area contributed by atoms with Gasteiger partial charge >= 0.3 is 23.1 Å². The van der Waals surface area contributed by atoms with E-state index < -0.39 is 0 Å². The Balaban J connectivity index is 0. The van der Waals surface area contributed by atoms with Crippen molar-refractivity contribution in [2.45, 2.75) is 0 Å². The van der Waals surface area contributed by atoms with E-state index in [-0.39, 0.29) is 187 Å². The summed E-state index contributed by atoms with van der Waals surface area (Å²) in [5.41, 5.74) is 0. The molecule has 31 heteroatoms. The van der Waals surface area contributed by atoms with Crippen molar-refractivity contribution in [3.8, 4) is 0 Å². The van der Waals surface area contributed by atoms with Crippen LogP contribution >= 0.6 is 0 Å². The van der Waals surface area contributed by atoms with Gasteiger partial charge < -0.3 is 164 Å². The van der Waals surface area contributed by atoms with E-state index in [1.165, 1.54) is 0 Å². The van der Waals surface area contributed by atoms with Crippen molar-refractivity contribution in [2.75, 3.05) is 0 Å². The van der Waals surface area contributed by atoms with Gasteiger partial charge in [-0.15, -0.1) is 0 Å². The van der Waals surface area contributed by atoms with E-state index in [2.05, 4.69) is 0 Å². The first kappa shape index (κ1) is 142000. The van der Waals surface area contributed by atoms with E-state index in [0.717, 1.165) is 0 Å². The van der Waals surface area contributed by atoms with E-state index in [1.807, 2.05) is 0 Å². The van der Waals surface area contributed by atoms with Crippen LogP contribution < -0.4 is 0 Å². The topological polar surface area (TPSA) is 945 Å². The van der Waals surface area contributed by atoms with Crippen LogP contribution in [0.5, 0.6) is 0 Å². The molecule has 0 aliphatic carbocycles. The first-order valence-electron chi connectivity index (χ1n) is 0. The summed E-state index contributed by atoms with van der Waals surface area (Å²) in [6, 6.07) is 0. The monoisotopic (exact) mass is 566 g/mol. The average Bonchev–Trinajstić information content (AvgIpc) is 0. The Hall–Kier alpha value is -0.434. The maximum absolute atomic E-state index is 0. The van der Waals surface area contributed by atoms with Gasteiger partial charge in [0.2, 0.25) is 0 Å². The summed E-state index contributed by atoms with van der Waals surface area (Å²) >= 11 is 0. The second-order valence-electron chi connectivity index (χ2n) is 0. The van der Waals surface area contributed by atoms with E-state index in [1.54, 1.807) is 0 Å². The van der Waals surface area contributed by atoms with E-state index in [0.29, 0.717) is 0 Å². The van der Waals surface area contributed by atoms with Crippen LogP contribution in [0.15, 0.2) is 0 Å². The van der Waals surface area contributed by atoms with Crippen molar-refractivity contribution in [3.05, 3.63) is 0 Å². The first-order valence-corrected chi connectivity index (χ1v) is 0. The predicted octanol–water partition coefficient (Wildman–Crippen LogP) is -25.7. The smallest absolute Gasteiger partial charge is 0.316 e. The third-order valence-electron chi connectivity index (χ3n) is 0. The van der Waals surface area contributed by atoms with Crippen molar-refractivity contribution in [3.63, 3.8) is 0 Å². The molecular weight excluding hydrogens is 504 g/mol. The number of hydrogen-bond donors (Lipinski definition) is 0. The van der Waals surface area contributed by atoms with Gasteiger partial charge in [0.25, 0.3) is 0 Å². The van der Waals surface area contributed by atoms with Crippen LogP contribution in [0.4, 0.5) is 0 Å². The summed E-state index contributed by atoms with van der Waals surface area (Å²) in [7, 11) is 0. The molecule has 0 atom stereocenters. The highest BCUT2D eigenvalue weighted by molar-refractivity contribution is 5.75. The Kier molecular flexibility index (Phi) is 587000000. The van der Waals surface area contributed by atoms with Gasteiger partial charge in [-0.2, -0.15) is 0 Å². The lowest BCUT2D eigenvalue weighted by molar-refractivity contribution is 0.823. The Morgan fingerprint density at radius 1 is 0.0645 bits per heavy atom. The van der Waals surface area contributed by atoms with Crippen LogP contribution in [0.3, 0.4) is 0 Å². The molecule has 0 bridgehead atoms. The molecule has 0 aromatic rings. The number of hydrogen-bond acceptors (Lipinski definition) is 0. The average molecular weight is 567 g/mol. The predicted molar refractivity (Wildman–Crippen MR) is 117 cm³/mol. The van der Waals surface area contributed by atoms with Crippen LogP contribution in [0, 0.1) is 0 Å². The minimum Gasteiger partial charge on any atom is -0.412 e. The molecule has 60 N–H and O–H groups in total. The Morgan fingerprint density at radius 2 is 0.0645 bits per heavy atom. The molecule has 30 nitrogen and oxygen atoms in total. The molecule has 0 aliphatic rings. The Morgan fingerprint density at radius 3 is 0.0645 bits per heavy atom. The molecule has 0 saturated carbocycles. The highest BCUT2D eigenvalue weighted by Crippen LogP contribution is -0.260. The highest BCUT2D eigenvalue weighted by Gasteiger charge is 0.316. The van der Waals surface area contributed by atoms with Gasteiger partial charge in [-0.05, 0) is 0 Å². The third-order valence-corrected chi connectivity index (χ3v) is 0. The minimum atomic E-state index is 0. The fourth-order valence-electron chi connectivity index (χ4n) is 0. The molecule has 0 unspecified atom stereocenters. The fourth-order valence-corrected chi connectivity index (χ4v) is 0. The summed E-state index contributed by atoms with van der Waals surface area (Å²) in [6.07, 6.45) is 0. The summed E-state index contributed by atoms with van der Waals surface area (Å²) in [6.45, 7) is 0. The SMILES string of the molecule is O.O.O.O.O.O.O.O.O.O.O.O.O.O.O.O.O.O.O.O.O.O.O.O.O.O.O.O.O.O.[MgH2]. The molecule has 0 fully saturated rings. The first-order chi connectivity index (χ1) is 0. The fraction of sp³-hybridized carbons (Fsp3) is 0. The summed E-state index contributed by atoms with van der Waals surface area (Å²) in [5, 5.41) is 0. The van der Waals surface area contributed by atoms with Gasteiger partial charge in [0.05, 0.1) is 0 Å². The molecule has 0 amide bonds. The molecule has 0 spiro atoms. The van der Waals surface area contributed by atoms with Crippen LogP contribution in [-0.2, 0) is 0 Å². The molecule has 0 heterocycles. The lowest BCUT2D eigenvalue weighted by atomic mass is 16.0. The largest absolute Gasteiger partial charge is 0.412 e. The summed E-state index contributed by atoms with van der Waals surface area (Å²) < 4.78 is 0. The summed E-state index contributed by atoms with van der Waals surface area (Å²) in [5.74, 6) is 0. The Bertz CT molecular complexity index is 6.37. The molecule has 244 valence electrons. The zero-order chi connectivity index (χ0) is 0. The van der Waals surface area contributed by atoms with Gasteiger partial charge in [-0.3, -0.25) is 0 Å². The molecule has 0 saturated heterocycles. The van der Waals surface area contributed by atoms with E-state index >= 15 is 0 Å².